The number of amides is 1. The molecule has 1 amide bonds. The molecule has 0 bridgehead atoms. The van der Waals surface area contributed by atoms with Crippen LogP contribution in [0.4, 0.5) is 5.69 Å². The van der Waals surface area contributed by atoms with Crippen molar-refractivity contribution in [1.29, 1.82) is 0 Å². The number of ether oxygens (including phenoxy) is 1. The van der Waals surface area contributed by atoms with Crippen LogP contribution in [-0.4, -0.2) is 19.6 Å². The normalized spacial score (nSPS) is 11.8. The van der Waals surface area contributed by atoms with E-state index in [0.717, 1.165) is 33.3 Å². The predicted octanol–water partition coefficient (Wildman–Crippen LogP) is 5.17. The highest BCUT2D eigenvalue weighted by atomic mass is 16.5. The zero-order valence-electron chi connectivity index (χ0n) is 16.8. The van der Waals surface area contributed by atoms with Crippen molar-refractivity contribution in [2.75, 3.05) is 19.0 Å². The maximum absolute atomic E-state index is 12.7. The van der Waals surface area contributed by atoms with E-state index in [2.05, 4.69) is 22.8 Å². The summed E-state index contributed by atoms with van der Waals surface area (Å²) in [4.78, 5) is 12.7. The second kappa shape index (κ2) is 9.25. The van der Waals surface area contributed by atoms with Gasteiger partial charge in [-0.25, -0.2) is 0 Å². The van der Waals surface area contributed by atoms with Crippen LogP contribution in [0.1, 0.15) is 17.2 Å². The van der Waals surface area contributed by atoms with Crippen molar-refractivity contribution < 1.29 is 9.53 Å². The molecule has 0 aromatic heterocycles. The monoisotopic (exact) mass is 396 g/mol. The molecule has 150 valence electrons. The second-order valence-electron chi connectivity index (χ2n) is 7.07. The third-order valence-corrected chi connectivity index (χ3v) is 5.11. The van der Waals surface area contributed by atoms with Gasteiger partial charge in [-0.2, -0.15) is 0 Å². The molecule has 0 aliphatic carbocycles. The molecule has 1 atom stereocenters. The lowest BCUT2D eigenvalue weighted by atomic mass is 9.98. The van der Waals surface area contributed by atoms with Crippen LogP contribution in [-0.2, 0) is 4.79 Å². The third kappa shape index (κ3) is 4.50. The Morgan fingerprint density at radius 3 is 2.23 bits per heavy atom. The summed E-state index contributed by atoms with van der Waals surface area (Å²) in [6.07, 6.45) is 0. The number of fused-ring (bicyclic) bond motifs is 1. The molecule has 0 fully saturated rings. The van der Waals surface area contributed by atoms with Gasteiger partial charge in [0.1, 0.15) is 5.75 Å². The summed E-state index contributed by atoms with van der Waals surface area (Å²) >= 11 is 0. The standard InChI is InChI=1S/C26H24N2O2/c1-30-22-16-14-21(15-17-22)26(20-9-3-2-4-10-20)27-18-25(29)28-24-13-7-11-19-8-5-6-12-23(19)24/h2-17,26-27H,18H2,1H3,(H,28,29). The second-order valence-corrected chi connectivity index (χ2v) is 7.07. The van der Waals surface area contributed by atoms with Crippen molar-refractivity contribution in [3.8, 4) is 5.75 Å². The van der Waals surface area contributed by atoms with Crippen molar-refractivity contribution >= 4 is 22.4 Å². The molecule has 0 saturated heterocycles. The number of nitrogens with one attached hydrogen (secondary N) is 2. The van der Waals surface area contributed by atoms with Crippen LogP contribution in [0.5, 0.6) is 5.75 Å². The van der Waals surface area contributed by atoms with Gasteiger partial charge in [-0.1, -0.05) is 78.9 Å². The number of hydrogen-bond acceptors (Lipinski definition) is 3. The minimum absolute atomic E-state index is 0.0826. The van der Waals surface area contributed by atoms with Gasteiger partial charge < -0.3 is 10.1 Å². The van der Waals surface area contributed by atoms with Crippen LogP contribution < -0.4 is 15.4 Å². The van der Waals surface area contributed by atoms with Crippen molar-refractivity contribution in [3.05, 3.63) is 108 Å². The number of carbonyl (C=O) groups excluding carboxylic acids is 1. The van der Waals surface area contributed by atoms with Crippen molar-refractivity contribution in [1.82, 2.24) is 5.32 Å². The van der Waals surface area contributed by atoms with Gasteiger partial charge in [-0.05, 0) is 34.7 Å². The first-order valence-corrected chi connectivity index (χ1v) is 9.94. The topological polar surface area (TPSA) is 50.4 Å². The zero-order chi connectivity index (χ0) is 20.8. The molecule has 0 radical (unpaired) electrons. The number of rotatable bonds is 7. The van der Waals surface area contributed by atoms with Crippen LogP contribution in [0.15, 0.2) is 97.1 Å². The fraction of sp³-hybridized carbons (Fsp3) is 0.115. The van der Waals surface area contributed by atoms with E-state index in [1.807, 2.05) is 84.9 Å². The van der Waals surface area contributed by atoms with Crippen LogP contribution in [0, 0.1) is 0 Å². The summed E-state index contributed by atoms with van der Waals surface area (Å²) in [5, 5.41) is 8.58. The SMILES string of the molecule is COc1ccc(C(NCC(=O)Nc2cccc3ccccc23)c2ccccc2)cc1. The quantitative estimate of drug-likeness (QED) is 0.453. The number of anilines is 1. The molecule has 4 aromatic rings. The van der Waals surface area contributed by atoms with Crippen LogP contribution in [0.25, 0.3) is 10.8 Å². The van der Waals surface area contributed by atoms with E-state index in [-0.39, 0.29) is 18.5 Å². The fourth-order valence-corrected chi connectivity index (χ4v) is 3.59. The van der Waals surface area contributed by atoms with Crippen LogP contribution >= 0.6 is 0 Å². The lowest BCUT2D eigenvalue weighted by molar-refractivity contribution is -0.115. The summed E-state index contributed by atoms with van der Waals surface area (Å²) in [5.74, 6) is 0.722. The van der Waals surface area contributed by atoms with E-state index < -0.39 is 0 Å². The van der Waals surface area contributed by atoms with Gasteiger partial charge in [-0.3, -0.25) is 10.1 Å². The molecule has 0 heterocycles. The van der Waals surface area contributed by atoms with Gasteiger partial charge in [0.2, 0.25) is 5.91 Å². The van der Waals surface area contributed by atoms with Gasteiger partial charge in [0, 0.05) is 11.1 Å². The number of benzene rings is 4. The Morgan fingerprint density at radius 1 is 0.800 bits per heavy atom. The first kappa shape index (κ1) is 19.7. The summed E-state index contributed by atoms with van der Waals surface area (Å²) in [6, 6.07) is 31.9. The highest BCUT2D eigenvalue weighted by Crippen LogP contribution is 2.25. The summed E-state index contributed by atoms with van der Waals surface area (Å²) in [6.45, 7) is 0.189. The molecule has 4 heteroatoms. The Hall–Kier alpha value is -3.63. The van der Waals surface area contributed by atoms with Crippen molar-refractivity contribution in [3.63, 3.8) is 0 Å². The Bertz CT molecular complexity index is 1120. The van der Waals surface area contributed by atoms with E-state index in [1.54, 1.807) is 7.11 Å². The minimum Gasteiger partial charge on any atom is -0.497 e. The summed E-state index contributed by atoms with van der Waals surface area (Å²) in [5.41, 5.74) is 2.99. The zero-order valence-corrected chi connectivity index (χ0v) is 16.8. The minimum atomic E-state index is -0.102. The fourth-order valence-electron chi connectivity index (χ4n) is 3.59. The molecule has 4 aromatic carbocycles. The molecule has 4 nitrogen and oxygen atoms in total. The van der Waals surface area contributed by atoms with Crippen molar-refractivity contribution in [2.45, 2.75) is 6.04 Å². The van der Waals surface area contributed by atoms with E-state index >= 15 is 0 Å². The average Bonchev–Trinajstić information content (AvgIpc) is 2.80. The van der Waals surface area contributed by atoms with Gasteiger partial charge in [0.05, 0.1) is 19.7 Å². The van der Waals surface area contributed by atoms with Gasteiger partial charge in [0.15, 0.2) is 0 Å². The Kier molecular flexibility index (Phi) is 6.06. The molecular formula is C26H24N2O2. The molecular weight excluding hydrogens is 372 g/mol. The lowest BCUT2D eigenvalue weighted by Gasteiger charge is -2.20. The first-order chi connectivity index (χ1) is 14.7. The Morgan fingerprint density at radius 2 is 1.47 bits per heavy atom. The number of carbonyl (C=O) groups is 1. The predicted molar refractivity (Wildman–Crippen MR) is 122 cm³/mol. The molecule has 30 heavy (non-hydrogen) atoms. The molecule has 0 aliphatic rings. The molecule has 0 saturated carbocycles. The number of hydrogen-bond donors (Lipinski definition) is 2. The maximum atomic E-state index is 12.7. The van der Waals surface area contributed by atoms with Gasteiger partial charge in [0.25, 0.3) is 0 Å². The van der Waals surface area contributed by atoms with Gasteiger partial charge in [-0.15, -0.1) is 0 Å². The number of methoxy groups -OCH3 is 1. The highest BCUT2D eigenvalue weighted by molar-refractivity contribution is 6.02. The molecule has 1 unspecified atom stereocenters. The molecule has 2 N–H and O–H groups in total. The largest absolute Gasteiger partial charge is 0.497 e. The van der Waals surface area contributed by atoms with Crippen LogP contribution in [0.3, 0.4) is 0 Å². The highest BCUT2D eigenvalue weighted by Gasteiger charge is 2.15. The average molecular weight is 396 g/mol. The first-order valence-electron chi connectivity index (χ1n) is 9.94. The third-order valence-electron chi connectivity index (χ3n) is 5.11. The van der Waals surface area contributed by atoms with Crippen LogP contribution in [0.2, 0.25) is 0 Å². The van der Waals surface area contributed by atoms with Gasteiger partial charge >= 0.3 is 0 Å². The smallest absolute Gasteiger partial charge is 0.238 e. The van der Waals surface area contributed by atoms with E-state index in [0.29, 0.717) is 0 Å². The summed E-state index contributed by atoms with van der Waals surface area (Å²) < 4.78 is 5.27. The van der Waals surface area contributed by atoms with E-state index in [4.69, 9.17) is 4.74 Å². The molecule has 0 aliphatic heterocycles. The lowest BCUT2D eigenvalue weighted by Crippen LogP contribution is -2.32. The molecule has 4 rings (SSSR count). The van der Waals surface area contributed by atoms with E-state index in [1.165, 1.54) is 0 Å². The Labute approximate surface area is 176 Å². The van der Waals surface area contributed by atoms with E-state index in [9.17, 15) is 4.79 Å². The Balaban J connectivity index is 1.51. The maximum Gasteiger partial charge on any atom is 0.238 e. The molecule has 0 spiro atoms. The van der Waals surface area contributed by atoms with Crippen molar-refractivity contribution in [2.24, 2.45) is 0 Å². The summed E-state index contributed by atoms with van der Waals surface area (Å²) in [7, 11) is 1.65.